The van der Waals surface area contributed by atoms with Crippen molar-refractivity contribution in [2.45, 2.75) is 32.6 Å². The van der Waals surface area contributed by atoms with Crippen LogP contribution in [0.1, 0.15) is 42.1 Å². The van der Waals surface area contributed by atoms with E-state index in [-0.39, 0.29) is 23.3 Å². The smallest absolute Gasteiger partial charge is 0.253 e. The number of thiocarbonyl (C=S) groups is 1. The molecule has 0 heterocycles. The normalized spacial score (nSPS) is 10.2. The zero-order valence-corrected chi connectivity index (χ0v) is 17.3. The van der Waals surface area contributed by atoms with E-state index in [1.165, 1.54) is 0 Å². The highest BCUT2D eigenvalue weighted by Crippen LogP contribution is 2.17. The van der Waals surface area contributed by atoms with Crippen LogP contribution in [0, 0.1) is 0 Å². The van der Waals surface area contributed by atoms with E-state index in [1.54, 1.807) is 30.3 Å². The summed E-state index contributed by atoms with van der Waals surface area (Å²) < 4.78 is 0. The van der Waals surface area contributed by atoms with Gasteiger partial charge in [0, 0.05) is 18.0 Å². The molecule has 0 aromatic heterocycles. The Hall–Kier alpha value is -2.44. The third kappa shape index (κ3) is 6.94. The van der Waals surface area contributed by atoms with Gasteiger partial charge in [0.2, 0.25) is 5.91 Å². The van der Waals surface area contributed by atoms with Gasteiger partial charge >= 0.3 is 0 Å². The SMILES string of the molecule is CCCCNC(=O)c1ccccc1NC(=S)NC(=O)CCc1ccccc1Cl. The number of carbonyl (C=O) groups excluding carboxylic acids is 2. The molecule has 0 aliphatic rings. The molecule has 0 spiro atoms. The fourth-order valence-electron chi connectivity index (χ4n) is 2.56. The second-order valence-electron chi connectivity index (χ2n) is 6.25. The topological polar surface area (TPSA) is 70.2 Å². The van der Waals surface area contributed by atoms with Crippen molar-refractivity contribution in [1.29, 1.82) is 0 Å². The number of unbranched alkanes of at least 4 members (excludes halogenated alkanes) is 1. The first kappa shape index (κ1) is 21.9. The van der Waals surface area contributed by atoms with E-state index in [2.05, 4.69) is 22.9 Å². The lowest BCUT2D eigenvalue weighted by molar-refractivity contribution is -0.119. The molecule has 5 nitrogen and oxygen atoms in total. The molecule has 2 aromatic rings. The highest BCUT2D eigenvalue weighted by atomic mass is 35.5. The minimum absolute atomic E-state index is 0.151. The first-order chi connectivity index (χ1) is 13.5. The number of nitrogens with one attached hydrogen (secondary N) is 3. The summed E-state index contributed by atoms with van der Waals surface area (Å²) in [6, 6.07) is 14.5. The van der Waals surface area contributed by atoms with E-state index in [4.69, 9.17) is 23.8 Å². The molecule has 0 radical (unpaired) electrons. The van der Waals surface area contributed by atoms with Gasteiger partial charge in [0.15, 0.2) is 5.11 Å². The summed E-state index contributed by atoms with van der Waals surface area (Å²) in [6.45, 7) is 2.68. The van der Waals surface area contributed by atoms with Crippen molar-refractivity contribution in [1.82, 2.24) is 10.6 Å². The van der Waals surface area contributed by atoms with E-state index in [9.17, 15) is 9.59 Å². The molecule has 0 atom stereocenters. The van der Waals surface area contributed by atoms with Gasteiger partial charge in [-0.05, 0) is 48.8 Å². The molecule has 0 aliphatic heterocycles. The third-order valence-corrected chi connectivity index (χ3v) is 4.64. The molecule has 0 saturated heterocycles. The van der Waals surface area contributed by atoms with Gasteiger partial charge in [-0.2, -0.15) is 0 Å². The number of halogens is 1. The Morgan fingerprint density at radius 3 is 2.54 bits per heavy atom. The summed E-state index contributed by atoms with van der Waals surface area (Å²) >= 11 is 11.3. The number of hydrogen-bond donors (Lipinski definition) is 3. The second kappa shape index (κ2) is 11.4. The quantitative estimate of drug-likeness (QED) is 0.442. The molecular formula is C21H24ClN3O2S. The fraction of sp³-hybridized carbons (Fsp3) is 0.286. The van der Waals surface area contributed by atoms with Crippen LogP contribution in [-0.2, 0) is 11.2 Å². The van der Waals surface area contributed by atoms with Crippen molar-refractivity contribution < 1.29 is 9.59 Å². The molecule has 148 valence electrons. The Labute approximate surface area is 175 Å². The van der Waals surface area contributed by atoms with Gasteiger partial charge in [-0.25, -0.2) is 0 Å². The lowest BCUT2D eigenvalue weighted by atomic mass is 10.1. The average molecular weight is 418 g/mol. The first-order valence-electron chi connectivity index (χ1n) is 9.22. The number of anilines is 1. The molecule has 0 unspecified atom stereocenters. The van der Waals surface area contributed by atoms with Gasteiger partial charge in [-0.15, -0.1) is 0 Å². The Morgan fingerprint density at radius 1 is 1.07 bits per heavy atom. The zero-order chi connectivity index (χ0) is 20.4. The fourth-order valence-corrected chi connectivity index (χ4v) is 3.01. The van der Waals surface area contributed by atoms with Gasteiger partial charge in [0.1, 0.15) is 0 Å². The number of hydrogen-bond acceptors (Lipinski definition) is 3. The summed E-state index contributed by atoms with van der Waals surface area (Å²) in [6.07, 6.45) is 2.70. The van der Waals surface area contributed by atoms with Gasteiger partial charge in [0.05, 0.1) is 11.3 Å². The predicted octanol–water partition coefficient (Wildman–Crippen LogP) is 4.32. The van der Waals surface area contributed by atoms with Crippen molar-refractivity contribution in [3.63, 3.8) is 0 Å². The molecule has 3 N–H and O–H groups in total. The van der Waals surface area contributed by atoms with E-state index in [0.717, 1.165) is 18.4 Å². The molecule has 0 bridgehead atoms. The van der Waals surface area contributed by atoms with Crippen LogP contribution >= 0.6 is 23.8 Å². The van der Waals surface area contributed by atoms with Crippen LogP contribution in [0.5, 0.6) is 0 Å². The van der Waals surface area contributed by atoms with E-state index >= 15 is 0 Å². The number of carbonyl (C=O) groups is 2. The number of para-hydroxylation sites is 1. The van der Waals surface area contributed by atoms with Crippen LogP contribution in [0.4, 0.5) is 5.69 Å². The molecular weight excluding hydrogens is 394 g/mol. The van der Waals surface area contributed by atoms with E-state index in [1.807, 2.05) is 18.2 Å². The van der Waals surface area contributed by atoms with Crippen molar-refractivity contribution in [3.8, 4) is 0 Å². The third-order valence-electron chi connectivity index (χ3n) is 4.07. The molecule has 2 aromatic carbocycles. The molecule has 0 saturated carbocycles. The van der Waals surface area contributed by atoms with Crippen LogP contribution in [0.25, 0.3) is 0 Å². The summed E-state index contributed by atoms with van der Waals surface area (Å²) in [7, 11) is 0. The van der Waals surface area contributed by atoms with Gasteiger partial charge < -0.3 is 16.0 Å². The Bertz CT molecular complexity index is 842. The van der Waals surface area contributed by atoms with Crippen LogP contribution in [0.3, 0.4) is 0 Å². The molecule has 2 rings (SSSR count). The number of amides is 2. The number of benzene rings is 2. The Morgan fingerprint density at radius 2 is 1.79 bits per heavy atom. The minimum atomic E-state index is -0.220. The van der Waals surface area contributed by atoms with Crippen LogP contribution in [-0.4, -0.2) is 23.5 Å². The van der Waals surface area contributed by atoms with E-state index in [0.29, 0.717) is 29.2 Å². The van der Waals surface area contributed by atoms with Crippen LogP contribution in [0.2, 0.25) is 5.02 Å². The maximum absolute atomic E-state index is 12.3. The maximum atomic E-state index is 12.3. The van der Waals surface area contributed by atoms with Crippen molar-refractivity contribution in [2.75, 3.05) is 11.9 Å². The van der Waals surface area contributed by atoms with Crippen molar-refractivity contribution in [2.24, 2.45) is 0 Å². The summed E-state index contributed by atoms with van der Waals surface area (Å²) in [5, 5.41) is 9.24. The molecule has 7 heteroatoms. The molecule has 0 aliphatic carbocycles. The lowest BCUT2D eigenvalue weighted by Gasteiger charge is -2.13. The first-order valence-corrected chi connectivity index (χ1v) is 10.0. The summed E-state index contributed by atoms with van der Waals surface area (Å²) in [4.78, 5) is 24.5. The standard InChI is InChI=1S/C21H24ClN3O2S/c1-2-3-14-23-20(27)16-9-5-7-11-18(16)24-21(28)25-19(26)13-12-15-8-4-6-10-17(15)22/h4-11H,2-3,12-14H2,1H3,(H,23,27)(H2,24,25,26,28). The monoisotopic (exact) mass is 417 g/mol. The predicted molar refractivity (Wildman–Crippen MR) is 118 cm³/mol. The molecule has 0 fully saturated rings. The molecule has 28 heavy (non-hydrogen) atoms. The highest BCUT2D eigenvalue weighted by Gasteiger charge is 2.13. The van der Waals surface area contributed by atoms with Crippen LogP contribution < -0.4 is 16.0 Å². The number of aryl methyl sites for hydroxylation is 1. The highest BCUT2D eigenvalue weighted by molar-refractivity contribution is 7.80. The zero-order valence-electron chi connectivity index (χ0n) is 15.8. The van der Waals surface area contributed by atoms with Gasteiger partial charge in [-0.1, -0.05) is 55.3 Å². The largest absolute Gasteiger partial charge is 0.352 e. The summed E-state index contributed by atoms with van der Waals surface area (Å²) in [5.41, 5.74) is 1.94. The Kier molecular flexibility index (Phi) is 8.91. The van der Waals surface area contributed by atoms with Gasteiger partial charge in [0.25, 0.3) is 5.91 Å². The van der Waals surface area contributed by atoms with Crippen LogP contribution in [0.15, 0.2) is 48.5 Å². The minimum Gasteiger partial charge on any atom is -0.352 e. The van der Waals surface area contributed by atoms with Gasteiger partial charge in [-0.3, -0.25) is 9.59 Å². The number of rotatable bonds is 8. The molecule has 2 amide bonds. The average Bonchev–Trinajstić information content (AvgIpc) is 2.67. The second-order valence-corrected chi connectivity index (χ2v) is 7.06. The lowest BCUT2D eigenvalue weighted by Crippen LogP contribution is -2.35. The summed E-state index contributed by atoms with van der Waals surface area (Å²) in [5.74, 6) is -0.397. The Balaban J connectivity index is 1.89. The van der Waals surface area contributed by atoms with E-state index < -0.39 is 0 Å². The van der Waals surface area contributed by atoms with Crippen molar-refractivity contribution >= 4 is 46.4 Å². The maximum Gasteiger partial charge on any atom is 0.253 e. The van der Waals surface area contributed by atoms with Crippen molar-refractivity contribution in [3.05, 3.63) is 64.7 Å².